The third-order valence-corrected chi connectivity index (χ3v) is 3.72. The van der Waals surface area contributed by atoms with Crippen molar-refractivity contribution in [2.75, 3.05) is 19.8 Å². The second-order valence-electron chi connectivity index (χ2n) is 4.45. The zero-order valence-electron chi connectivity index (χ0n) is 11.8. The number of hydrogen-bond acceptors (Lipinski definition) is 4. The van der Waals surface area contributed by atoms with Crippen LogP contribution in [0, 0.1) is 0 Å². The van der Waals surface area contributed by atoms with Crippen molar-refractivity contribution in [3.8, 4) is 11.5 Å². The van der Waals surface area contributed by atoms with Gasteiger partial charge in [0.1, 0.15) is 0 Å². The van der Waals surface area contributed by atoms with Crippen LogP contribution in [0.5, 0.6) is 11.5 Å². The molecule has 0 saturated heterocycles. The Morgan fingerprint density at radius 2 is 2.05 bits per heavy atom. The first-order valence-corrected chi connectivity index (χ1v) is 7.88. The molecule has 2 aromatic rings. The second-order valence-corrected chi connectivity index (χ2v) is 5.23. The van der Waals surface area contributed by atoms with E-state index in [1.807, 2.05) is 19.1 Å². The topological polar surface area (TPSA) is 44.5 Å². The summed E-state index contributed by atoms with van der Waals surface area (Å²) in [4.78, 5) is 0. The molecule has 108 valence electrons. The van der Waals surface area contributed by atoms with E-state index in [1.165, 1.54) is 5.56 Å². The predicted molar refractivity (Wildman–Crippen MR) is 83.9 cm³/mol. The van der Waals surface area contributed by atoms with Crippen LogP contribution in [0.1, 0.15) is 18.1 Å². The molecule has 0 radical (unpaired) electrons. The van der Waals surface area contributed by atoms with Gasteiger partial charge in [0.2, 0.25) is 0 Å². The van der Waals surface area contributed by atoms with Gasteiger partial charge >= 0.3 is 0 Å². The molecular weight excluding hydrogens is 270 g/mol. The fourth-order valence-electron chi connectivity index (χ4n) is 2.05. The molecule has 0 saturated carbocycles. The number of ether oxygens (including phenoxy) is 2. The molecule has 1 aromatic carbocycles. The van der Waals surface area contributed by atoms with Crippen LogP contribution >= 0.6 is 11.3 Å². The minimum atomic E-state index is 0.608. The molecule has 2 rings (SSSR count). The highest BCUT2D eigenvalue weighted by Crippen LogP contribution is 2.31. The third-order valence-electron chi connectivity index (χ3n) is 2.99. The first kappa shape index (κ1) is 14.9. The van der Waals surface area contributed by atoms with Crippen LogP contribution in [0.25, 0.3) is 0 Å². The van der Waals surface area contributed by atoms with E-state index < -0.39 is 0 Å². The fraction of sp³-hybridized carbons (Fsp3) is 0.375. The Balaban J connectivity index is 2.06. The van der Waals surface area contributed by atoms with Gasteiger partial charge in [0.05, 0.1) is 13.2 Å². The van der Waals surface area contributed by atoms with Crippen molar-refractivity contribution in [2.45, 2.75) is 19.8 Å². The maximum atomic E-state index is 5.97. The first-order chi connectivity index (χ1) is 9.85. The molecule has 0 amide bonds. The van der Waals surface area contributed by atoms with Crippen LogP contribution in [-0.4, -0.2) is 19.8 Å². The maximum absolute atomic E-state index is 5.97. The van der Waals surface area contributed by atoms with E-state index in [0.29, 0.717) is 19.8 Å². The molecule has 1 heterocycles. The lowest BCUT2D eigenvalue weighted by atomic mass is 10.1. The van der Waals surface area contributed by atoms with Crippen LogP contribution < -0.4 is 15.2 Å². The number of rotatable bonds is 8. The van der Waals surface area contributed by atoms with Gasteiger partial charge in [-0.05, 0) is 53.9 Å². The van der Waals surface area contributed by atoms with Crippen molar-refractivity contribution >= 4 is 11.3 Å². The van der Waals surface area contributed by atoms with Gasteiger partial charge < -0.3 is 15.2 Å². The lowest BCUT2D eigenvalue weighted by molar-refractivity contribution is 0.277. The van der Waals surface area contributed by atoms with E-state index >= 15 is 0 Å². The number of benzene rings is 1. The Morgan fingerprint density at radius 1 is 1.15 bits per heavy atom. The van der Waals surface area contributed by atoms with Crippen molar-refractivity contribution < 1.29 is 9.47 Å². The average molecular weight is 291 g/mol. The zero-order valence-corrected chi connectivity index (χ0v) is 12.6. The van der Waals surface area contributed by atoms with E-state index in [9.17, 15) is 0 Å². The largest absolute Gasteiger partial charge is 0.490 e. The molecule has 1 aromatic heterocycles. The molecule has 0 aliphatic carbocycles. The second kappa shape index (κ2) is 7.92. The predicted octanol–water partition coefficient (Wildman–Crippen LogP) is 3.27. The normalized spacial score (nSPS) is 10.5. The van der Waals surface area contributed by atoms with Crippen LogP contribution in [0.15, 0.2) is 35.0 Å². The Morgan fingerprint density at radius 3 is 2.75 bits per heavy atom. The Hall–Kier alpha value is -1.52. The molecular formula is C16H21NO2S. The summed E-state index contributed by atoms with van der Waals surface area (Å²) < 4.78 is 11.6. The number of hydrogen-bond donors (Lipinski definition) is 1. The molecule has 3 nitrogen and oxygen atoms in total. The highest BCUT2D eigenvalue weighted by Gasteiger charge is 2.10. The van der Waals surface area contributed by atoms with Gasteiger partial charge in [-0.2, -0.15) is 11.3 Å². The molecule has 0 bridgehead atoms. The van der Waals surface area contributed by atoms with Gasteiger partial charge in [-0.15, -0.1) is 0 Å². The van der Waals surface area contributed by atoms with Crippen molar-refractivity contribution in [1.82, 2.24) is 0 Å². The average Bonchev–Trinajstić information content (AvgIpc) is 2.95. The van der Waals surface area contributed by atoms with Crippen LogP contribution in [-0.2, 0) is 12.8 Å². The molecule has 0 fully saturated rings. The van der Waals surface area contributed by atoms with E-state index in [0.717, 1.165) is 29.9 Å². The summed E-state index contributed by atoms with van der Waals surface area (Å²) >= 11 is 1.71. The SMILES string of the molecule is CCOc1cccc(CCN)c1OCCc1ccsc1. The highest BCUT2D eigenvalue weighted by molar-refractivity contribution is 7.07. The van der Waals surface area contributed by atoms with Crippen LogP contribution in [0.4, 0.5) is 0 Å². The van der Waals surface area contributed by atoms with Crippen molar-refractivity contribution in [3.63, 3.8) is 0 Å². The van der Waals surface area contributed by atoms with Crippen LogP contribution in [0.2, 0.25) is 0 Å². The molecule has 4 heteroatoms. The van der Waals surface area contributed by atoms with E-state index in [4.69, 9.17) is 15.2 Å². The van der Waals surface area contributed by atoms with Gasteiger partial charge in [0.25, 0.3) is 0 Å². The Kier molecular flexibility index (Phi) is 5.89. The molecule has 0 aliphatic rings. The molecule has 0 atom stereocenters. The molecule has 2 N–H and O–H groups in total. The molecule has 0 aliphatic heterocycles. The minimum absolute atomic E-state index is 0.608. The van der Waals surface area contributed by atoms with Gasteiger partial charge in [0.15, 0.2) is 11.5 Å². The molecule has 20 heavy (non-hydrogen) atoms. The quantitative estimate of drug-likeness (QED) is 0.812. The van der Waals surface area contributed by atoms with Crippen molar-refractivity contribution in [1.29, 1.82) is 0 Å². The highest BCUT2D eigenvalue weighted by atomic mass is 32.1. The van der Waals surface area contributed by atoms with Crippen LogP contribution in [0.3, 0.4) is 0 Å². The summed E-state index contributed by atoms with van der Waals surface area (Å²) in [6.45, 7) is 3.87. The Labute approximate surface area is 124 Å². The zero-order chi connectivity index (χ0) is 14.2. The summed E-state index contributed by atoms with van der Waals surface area (Å²) in [6, 6.07) is 8.11. The lowest BCUT2D eigenvalue weighted by Gasteiger charge is -2.15. The van der Waals surface area contributed by atoms with Crippen molar-refractivity contribution in [3.05, 3.63) is 46.2 Å². The minimum Gasteiger partial charge on any atom is -0.490 e. The van der Waals surface area contributed by atoms with E-state index in [1.54, 1.807) is 11.3 Å². The van der Waals surface area contributed by atoms with Gasteiger partial charge in [0, 0.05) is 6.42 Å². The van der Waals surface area contributed by atoms with E-state index in [2.05, 4.69) is 22.9 Å². The number of nitrogens with two attached hydrogens (primary N) is 1. The monoisotopic (exact) mass is 291 g/mol. The Bertz CT molecular complexity index is 487. The third kappa shape index (κ3) is 3.99. The van der Waals surface area contributed by atoms with Gasteiger partial charge in [-0.25, -0.2) is 0 Å². The van der Waals surface area contributed by atoms with Crippen molar-refractivity contribution in [2.24, 2.45) is 5.73 Å². The molecule has 0 unspecified atom stereocenters. The maximum Gasteiger partial charge on any atom is 0.164 e. The van der Waals surface area contributed by atoms with Gasteiger partial charge in [-0.1, -0.05) is 12.1 Å². The smallest absolute Gasteiger partial charge is 0.164 e. The summed E-state index contributed by atoms with van der Waals surface area (Å²) in [6.07, 6.45) is 1.71. The standard InChI is InChI=1S/C16H21NO2S/c1-2-18-15-5-3-4-14(6-9-17)16(15)19-10-7-13-8-11-20-12-13/h3-5,8,11-12H,2,6-7,9-10,17H2,1H3. The van der Waals surface area contributed by atoms with E-state index in [-0.39, 0.29) is 0 Å². The fourth-order valence-corrected chi connectivity index (χ4v) is 2.76. The summed E-state index contributed by atoms with van der Waals surface area (Å²) in [7, 11) is 0. The number of para-hydroxylation sites is 1. The summed E-state index contributed by atoms with van der Waals surface area (Å²) in [5, 5.41) is 4.24. The summed E-state index contributed by atoms with van der Waals surface area (Å²) in [5.41, 5.74) is 8.09. The number of thiophene rings is 1. The van der Waals surface area contributed by atoms with Gasteiger partial charge in [-0.3, -0.25) is 0 Å². The summed E-state index contributed by atoms with van der Waals surface area (Å²) in [5.74, 6) is 1.65. The molecule has 0 spiro atoms. The first-order valence-electron chi connectivity index (χ1n) is 6.93. The lowest BCUT2D eigenvalue weighted by Crippen LogP contribution is -2.08.